The Morgan fingerprint density at radius 3 is 2.11 bits per heavy atom. The zero-order valence-electron chi connectivity index (χ0n) is 36.3. The van der Waals surface area contributed by atoms with Crippen LogP contribution in [0.25, 0.3) is 0 Å². The van der Waals surface area contributed by atoms with E-state index < -0.39 is 17.6 Å². The van der Waals surface area contributed by atoms with Gasteiger partial charge in [0.25, 0.3) is 0 Å². The highest BCUT2D eigenvalue weighted by Gasteiger charge is 2.43. The molecule has 7 atom stereocenters. The third-order valence-corrected chi connectivity index (χ3v) is 11.9. The van der Waals surface area contributed by atoms with Crippen molar-refractivity contribution < 1.29 is 34.1 Å². The Kier molecular flexibility index (Phi) is 25.6. The van der Waals surface area contributed by atoms with Crippen molar-refractivity contribution in [2.45, 2.75) is 188 Å². The van der Waals surface area contributed by atoms with Crippen LogP contribution < -0.4 is 10.6 Å². The third-order valence-electron chi connectivity index (χ3n) is 11.9. The van der Waals surface area contributed by atoms with Crippen LogP contribution in [0.15, 0.2) is 36.0 Å². The van der Waals surface area contributed by atoms with E-state index in [0.717, 1.165) is 32.1 Å². The maximum absolute atomic E-state index is 13.1. The van der Waals surface area contributed by atoms with Crippen LogP contribution in [0.1, 0.15) is 170 Å². The van der Waals surface area contributed by atoms with E-state index in [1.807, 2.05) is 20.8 Å². The molecule has 0 bridgehead atoms. The van der Waals surface area contributed by atoms with Gasteiger partial charge in [-0.05, 0) is 101 Å². The molecule has 2 unspecified atom stereocenters. The SMILES string of the molecule is CCCCCCCCC=CCCCCCCCC(=O)NCCOCCNC(=O)C[C@H](O)C[C@@H](O)CC[C@@H]1C2C(=C[C@H](C)CC2OC(=O)C(C)(C)CC)C=C[C@@H]1C. The Bertz CT molecular complexity index is 1200. The molecule has 0 aromatic rings. The highest BCUT2D eigenvalue weighted by Crippen LogP contribution is 2.45. The minimum absolute atomic E-state index is 0.0484. The Morgan fingerprint density at radius 1 is 0.857 bits per heavy atom. The molecule has 0 radical (unpaired) electrons. The molecule has 2 amide bonds. The van der Waals surface area contributed by atoms with E-state index in [0.29, 0.717) is 51.5 Å². The zero-order valence-corrected chi connectivity index (χ0v) is 36.3. The summed E-state index contributed by atoms with van der Waals surface area (Å²) in [6.45, 7) is 13.9. The smallest absolute Gasteiger partial charge is 0.311 e. The molecule has 2 rings (SSSR count). The van der Waals surface area contributed by atoms with Crippen LogP contribution in [0.4, 0.5) is 0 Å². The predicted molar refractivity (Wildman–Crippen MR) is 228 cm³/mol. The summed E-state index contributed by atoms with van der Waals surface area (Å²) in [4.78, 5) is 37.6. The fourth-order valence-corrected chi connectivity index (χ4v) is 7.92. The van der Waals surface area contributed by atoms with Gasteiger partial charge in [-0.3, -0.25) is 14.4 Å². The molecule has 2 aliphatic rings. The summed E-state index contributed by atoms with van der Waals surface area (Å²) in [6.07, 6.45) is 28.8. The number of esters is 1. The molecule has 56 heavy (non-hydrogen) atoms. The quantitative estimate of drug-likeness (QED) is 0.0313. The number of amides is 2. The molecule has 0 fully saturated rings. The van der Waals surface area contributed by atoms with Gasteiger partial charge in [-0.15, -0.1) is 0 Å². The number of rotatable bonds is 31. The number of aliphatic hydroxyl groups is 2. The molecule has 2 aliphatic carbocycles. The van der Waals surface area contributed by atoms with Gasteiger partial charge in [0.1, 0.15) is 6.10 Å². The summed E-state index contributed by atoms with van der Waals surface area (Å²) in [7, 11) is 0. The van der Waals surface area contributed by atoms with Gasteiger partial charge in [-0.2, -0.15) is 0 Å². The minimum Gasteiger partial charge on any atom is -0.461 e. The van der Waals surface area contributed by atoms with E-state index >= 15 is 0 Å². The van der Waals surface area contributed by atoms with Gasteiger partial charge in [0, 0.05) is 25.4 Å². The van der Waals surface area contributed by atoms with Crippen LogP contribution in [-0.2, 0) is 23.9 Å². The van der Waals surface area contributed by atoms with Crippen molar-refractivity contribution in [1.29, 1.82) is 0 Å². The largest absolute Gasteiger partial charge is 0.461 e. The number of ether oxygens (including phenoxy) is 2. The summed E-state index contributed by atoms with van der Waals surface area (Å²) in [5.41, 5.74) is 0.674. The van der Waals surface area contributed by atoms with Gasteiger partial charge in [0.05, 0.1) is 37.3 Å². The first-order valence-electron chi connectivity index (χ1n) is 22.6. The Hall–Kier alpha value is -2.49. The van der Waals surface area contributed by atoms with E-state index in [9.17, 15) is 24.6 Å². The summed E-state index contributed by atoms with van der Waals surface area (Å²) >= 11 is 0. The maximum atomic E-state index is 13.1. The maximum Gasteiger partial charge on any atom is 0.311 e. The number of carbonyl (C=O) groups is 3. The van der Waals surface area contributed by atoms with Crippen molar-refractivity contribution in [2.24, 2.45) is 29.1 Å². The molecular formula is C47H82N2O7. The van der Waals surface area contributed by atoms with Crippen LogP contribution in [0.5, 0.6) is 0 Å². The molecule has 9 nitrogen and oxygen atoms in total. The van der Waals surface area contributed by atoms with E-state index in [-0.39, 0.29) is 54.5 Å². The molecule has 322 valence electrons. The number of fused-ring (bicyclic) bond motifs is 1. The Balaban J connectivity index is 1.52. The standard InChI is InChI=1S/C47H82N2O7/c1-7-9-10-11-12-13-14-15-16-17-18-19-20-21-22-23-43(52)48-28-30-55-31-29-49-44(53)35-40(51)34-39(50)26-27-41-37(4)24-25-38-32-36(3)33-42(45(38)41)56-46(54)47(5,6)8-2/h15-16,24-25,32,36-37,39-42,45,50-51H,7-14,17-23,26-31,33-35H2,1-6H3,(H,48,52)(H,49,53)/t36-,37-,39-,40+,41-,42?,45?/m0/s1. The van der Waals surface area contributed by atoms with Crippen LogP contribution in [0.3, 0.4) is 0 Å². The average Bonchev–Trinajstić information content (AvgIpc) is 3.15. The first kappa shape index (κ1) is 49.7. The Labute approximate surface area is 341 Å². The van der Waals surface area contributed by atoms with E-state index in [4.69, 9.17) is 9.47 Å². The van der Waals surface area contributed by atoms with Gasteiger partial charge < -0.3 is 30.3 Å². The topological polar surface area (TPSA) is 134 Å². The highest BCUT2D eigenvalue weighted by atomic mass is 16.5. The van der Waals surface area contributed by atoms with Gasteiger partial charge in [0.15, 0.2) is 0 Å². The second-order valence-corrected chi connectivity index (χ2v) is 17.4. The molecule has 0 aromatic heterocycles. The number of aliphatic hydroxyl groups excluding tert-OH is 2. The molecule has 9 heteroatoms. The predicted octanol–water partition coefficient (Wildman–Crippen LogP) is 9.31. The fraction of sp³-hybridized carbons (Fsp3) is 0.809. The van der Waals surface area contributed by atoms with Crippen LogP contribution in [-0.4, -0.2) is 72.6 Å². The first-order chi connectivity index (χ1) is 26.9. The normalized spacial score (nSPS) is 22.0. The van der Waals surface area contributed by atoms with Gasteiger partial charge >= 0.3 is 5.97 Å². The highest BCUT2D eigenvalue weighted by molar-refractivity contribution is 5.77. The van der Waals surface area contributed by atoms with Crippen molar-refractivity contribution in [3.05, 3.63) is 36.0 Å². The summed E-state index contributed by atoms with van der Waals surface area (Å²) in [5.74, 6) is 0.439. The number of carbonyl (C=O) groups excluding carboxylic acids is 3. The van der Waals surface area contributed by atoms with E-state index in [2.05, 4.69) is 61.8 Å². The summed E-state index contributed by atoms with van der Waals surface area (Å²) < 4.78 is 11.8. The number of hydrogen-bond acceptors (Lipinski definition) is 7. The molecule has 0 aliphatic heterocycles. The monoisotopic (exact) mass is 787 g/mol. The molecule has 0 aromatic carbocycles. The van der Waals surface area contributed by atoms with Crippen LogP contribution in [0, 0.1) is 29.1 Å². The Morgan fingerprint density at radius 2 is 1.46 bits per heavy atom. The van der Waals surface area contributed by atoms with Crippen molar-refractivity contribution >= 4 is 17.8 Å². The molecule has 0 heterocycles. The van der Waals surface area contributed by atoms with Crippen LogP contribution in [0.2, 0.25) is 0 Å². The minimum atomic E-state index is -0.956. The number of unbranched alkanes of at least 4 members (excludes halogenated alkanes) is 11. The third kappa shape index (κ3) is 20.8. The van der Waals surface area contributed by atoms with Crippen LogP contribution >= 0.6 is 0 Å². The number of allylic oxidation sites excluding steroid dienone is 5. The lowest BCUT2D eigenvalue weighted by atomic mass is 9.65. The molecule has 0 saturated carbocycles. The van der Waals surface area contributed by atoms with Crippen molar-refractivity contribution in [1.82, 2.24) is 10.6 Å². The number of nitrogens with one attached hydrogen (secondary N) is 2. The first-order valence-corrected chi connectivity index (χ1v) is 22.6. The van der Waals surface area contributed by atoms with Gasteiger partial charge in [-0.25, -0.2) is 0 Å². The lowest BCUT2D eigenvalue weighted by Gasteiger charge is -2.44. The second kappa shape index (κ2) is 28.8. The molecule has 0 spiro atoms. The van der Waals surface area contributed by atoms with Gasteiger partial charge in [-0.1, -0.05) is 109 Å². The number of hydrogen-bond donors (Lipinski definition) is 4. The van der Waals surface area contributed by atoms with Gasteiger partial charge in [0.2, 0.25) is 11.8 Å². The lowest BCUT2D eigenvalue weighted by molar-refractivity contribution is -0.164. The summed E-state index contributed by atoms with van der Waals surface area (Å²) in [5, 5.41) is 27.1. The molecule has 4 N–H and O–H groups in total. The lowest BCUT2D eigenvalue weighted by Crippen LogP contribution is -2.43. The van der Waals surface area contributed by atoms with E-state index in [1.165, 1.54) is 69.8 Å². The van der Waals surface area contributed by atoms with Crippen molar-refractivity contribution in [2.75, 3.05) is 26.3 Å². The average molecular weight is 787 g/mol. The van der Waals surface area contributed by atoms with Crippen molar-refractivity contribution in [3.8, 4) is 0 Å². The summed E-state index contributed by atoms with van der Waals surface area (Å²) in [6, 6.07) is 0. The zero-order chi connectivity index (χ0) is 41.2. The second-order valence-electron chi connectivity index (χ2n) is 17.4. The van der Waals surface area contributed by atoms with Crippen molar-refractivity contribution in [3.63, 3.8) is 0 Å². The van der Waals surface area contributed by atoms with E-state index in [1.54, 1.807) is 0 Å². The molecule has 0 saturated heterocycles. The fourth-order valence-electron chi connectivity index (χ4n) is 7.92. The molecular weight excluding hydrogens is 705 g/mol.